The SMILES string of the molecule is O=C(O)c1ccc(Cl)cc1-c1ccccc1OCc1ccccc1. The third-order valence-corrected chi connectivity index (χ3v) is 3.86. The van der Waals surface area contributed by atoms with E-state index in [-0.39, 0.29) is 5.56 Å². The van der Waals surface area contributed by atoms with Crippen LogP contribution in [0.25, 0.3) is 11.1 Å². The number of hydrogen-bond donors (Lipinski definition) is 1. The van der Waals surface area contributed by atoms with E-state index in [4.69, 9.17) is 16.3 Å². The third-order valence-electron chi connectivity index (χ3n) is 3.63. The summed E-state index contributed by atoms with van der Waals surface area (Å²) in [6.45, 7) is 0.404. The first-order valence-electron chi connectivity index (χ1n) is 7.44. The number of para-hydroxylation sites is 1. The highest BCUT2D eigenvalue weighted by Crippen LogP contribution is 2.34. The molecular formula is C20H15ClO3. The molecule has 3 aromatic rings. The Hall–Kier alpha value is -2.78. The van der Waals surface area contributed by atoms with Crippen molar-refractivity contribution in [3.8, 4) is 16.9 Å². The third kappa shape index (κ3) is 3.58. The summed E-state index contributed by atoms with van der Waals surface area (Å²) in [5.74, 6) is -0.384. The summed E-state index contributed by atoms with van der Waals surface area (Å²) in [7, 11) is 0. The van der Waals surface area contributed by atoms with Crippen molar-refractivity contribution in [3.05, 3.63) is 88.9 Å². The van der Waals surface area contributed by atoms with E-state index >= 15 is 0 Å². The van der Waals surface area contributed by atoms with Crippen molar-refractivity contribution in [3.63, 3.8) is 0 Å². The van der Waals surface area contributed by atoms with E-state index in [0.717, 1.165) is 5.56 Å². The van der Waals surface area contributed by atoms with Crippen LogP contribution >= 0.6 is 11.6 Å². The monoisotopic (exact) mass is 338 g/mol. The topological polar surface area (TPSA) is 46.5 Å². The van der Waals surface area contributed by atoms with Gasteiger partial charge in [0, 0.05) is 16.1 Å². The second-order valence-corrected chi connectivity index (χ2v) is 5.70. The number of ether oxygens (including phenoxy) is 1. The molecule has 0 atom stereocenters. The average molecular weight is 339 g/mol. The van der Waals surface area contributed by atoms with Gasteiger partial charge in [-0.25, -0.2) is 4.79 Å². The fraction of sp³-hybridized carbons (Fsp3) is 0.0500. The second kappa shape index (κ2) is 7.20. The standard InChI is InChI=1S/C20H15ClO3/c21-15-10-11-17(20(22)23)18(12-15)16-8-4-5-9-19(16)24-13-14-6-2-1-3-7-14/h1-12H,13H2,(H,22,23). The summed E-state index contributed by atoms with van der Waals surface area (Å²) in [6.07, 6.45) is 0. The Bertz CT molecular complexity index is 860. The molecule has 0 saturated heterocycles. The van der Waals surface area contributed by atoms with Gasteiger partial charge in [0.15, 0.2) is 0 Å². The summed E-state index contributed by atoms with van der Waals surface area (Å²) in [6, 6.07) is 21.9. The Morgan fingerprint density at radius 1 is 0.917 bits per heavy atom. The van der Waals surface area contributed by atoms with Gasteiger partial charge in [-0.15, -0.1) is 0 Å². The van der Waals surface area contributed by atoms with Crippen molar-refractivity contribution < 1.29 is 14.6 Å². The van der Waals surface area contributed by atoms with Crippen LogP contribution in [0, 0.1) is 0 Å². The molecule has 0 radical (unpaired) electrons. The quantitative estimate of drug-likeness (QED) is 0.688. The molecule has 0 bridgehead atoms. The molecule has 3 rings (SSSR count). The van der Waals surface area contributed by atoms with Crippen LogP contribution in [0.2, 0.25) is 5.02 Å². The van der Waals surface area contributed by atoms with Gasteiger partial charge in [0.2, 0.25) is 0 Å². The Morgan fingerprint density at radius 3 is 2.38 bits per heavy atom. The molecular weight excluding hydrogens is 324 g/mol. The van der Waals surface area contributed by atoms with Crippen molar-refractivity contribution >= 4 is 17.6 Å². The minimum Gasteiger partial charge on any atom is -0.488 e. The lowest BCUT2D eigenvalue weighted by atomic mass is 9.99. The van der Waals surface area contributed by atoms with Crippen molar-refractivity contribution in [2.75, 3.05) is 0 Å². The minimum atomic E-state index is -1.00. The Morgan fingerprint density at radius 2 is 1.62 bits per heavy atom. The molecule has 3 aromatic carbocycles. The summed E-state index contributed by atoms with van der Waals surface area (Å²) in [5, 5.41) is 9.91. The first-order valence-corrected chi connectivity index (χ1v) is 7.82. The average Bonchev–Trinajstić information content (AvgIpc) is 2.61. The van der Waals surface area contributed by atoms with Gasteiger partial charge in [-0.05, 0) is 29.8 Å². The zero-order valence-electron chi connectivity index (χ0n) is 12.8. The van der Waals surface area contributed by atoms with Crippen LogP contribution < -0.4 is 4.74 Å². The maximum atomic E-state index is 11.5. The summed E-state index contributed by atoms with van der Waals surface area (Å²) < 4.78 is 5.92. The van der Waals surface area contributed by atoms with Crippen LogP contribution in [-0.2, 0) is 6.61 Å². The van der Waals surface area contributed by atoms with Crippen molar-refractivity contribution in [2.24, 2.45) is 0 Å². The molecule has 24 heavy (non-hydrogen) atoms. The number of carbonyl (C=O) groups is 1. The number of rotatable bonds is 5. The number of benzene rings is 3. The van der Waals surface area contributed by atoms with E-state index in [9.17, 15) is 9.90 Å². The van der Waals surface area contributed by atoms with Crippen LogP contribution in [-0.4, -0.2) is 11.1 Å². The highest BCUT2D eigenvalue weighted by atomic mass is 35.5. The molecule has 0 unspecified atom stereocenters. The maximum absolute atomic E-state index is 11.5. The van der Waals surface area contributed by atoms with Crippen molar-refractivity contribution in [1.29, 1.82) is 0 Å². The van der Waals surface area contributed by atoms with Gasteiger partial charge in [-0.3, -0.25) is 0 Å². The normalized spacial score (nSPS) is 10.4. The summed E-state index contributed by atoms with van der Waals surface area (Å²) in [5.41, 5.74) is 2.47. The lowest BCUT2D eigenvalue weighted by Crippen LogP contribution is -2.01. The first kappa shape index (κ1) is 16.1. The molecule has 0 saturated carbocycles. The first-order chi connectivity index (χ1) is 11.6. The molecule has 1 N–H and O–H groups in total. The summed E-state index contributed by atoms with van der Waals surface area (Å²) >= 11 is 6.06. The largest absolute Gasteiger partial charge is 0.488 e. The molecule has 0 aliphatic rings. The Balaban J connectivity index is 1.98. The zero-order valence-corrected chi connectivity index (χ0v) is 13.5. The second-order valence-electron chi connectivity index (χ2n) is 5.27. The summed E-state index contributed by atoms with van der Waals surface area (Å²) in [4.78, 5) is 11.5. The van der Waals surface area contributed by atoms with Gasteiger partial charge in [0.1, 0.15) is 12.4 Å². The van der Waals surface area contributed by atoms with Crippen LogP contribution in [0.15, 0.2) is 72.8 Å². The van der Waals surface area contributed by atoms with Gasteiger partial charge in [-0.1, -0.05) is 60.1 Å². The number of hydrogen-bond acceptors (Lipinski definition) is 2. The van der Waals surface area contributed by atoms with Crippen molar-refractivity contribution in [2.45, 2.75) is 6.61 Å². The molecule has 3 nitrogen and oxygen atoms in total. The molecule has 120 valence electrons. The van der Waals surface area contributed by atoms with Gasteiger partial charge in [0.05, 0.1) is 5.56 Å². The van der Waals surface area contributed by atoms with Crippen LogP contribution in [0.5, 0.6) is 5.75 Å². The molecule has 0 heterocycles. The van der Waals surface area contributed by atoms with E-state index in [0.29, 0.717) is 28.5 Å². The molecule has 0 fully saturated rings. The van der Waals surface area contributed by atoms with Crippen LogP contribution in [0.4, 0.5) is 0 Å². The fourth-order valence-corrected chi connectivity index (χ4v) is 2.65. The fourth-order valence-electron chi connectivity index (χ4n) is 2.48. The number of carboxylic acids is 1. The smallest absolute Gasteiger partial charge is 0.336 e. The van der Waals surface area contributed by atoms with Gasteiger partial charge >= 0.3 is 5.97 Å². The highest BCUT2D eigenvalue weighted by Gasteiger charge is 2.15. The maximum Gasteiger partial charge on any atom is 0.336 e. The molecule has 4 heteroatoms. The molecule has 0 spiro atoms. The highest BCUT2D eigenvalue weighted by molar-refractivity contribution is 6.31. The van der Waals surface area contributed by atoms with Gasteiger partial charge < -0.3 is 9.84 Å². The zero-order chi connectivity index (χ0) is 16.9. The van der Waals surface area contributed by atoms with E-state index in [1.165, 1.54) is 6.07 Å². The van der Waals surface area contributed by atoms with Crippen LogP contribution in [0.1, 0.15) is 15.9 Å². The lowest BCUT2D eigenvalue weighted by Gasteiger charge is -2.14. The number of carboxylic acid groups (broad SMARTS) is 1. The van der Waals surface area contributed by atoms with Gasteiger partial charge in [-0.2, -0.15) is 0 Å². The van der Waals surface area contributed by atoms with E-state index in [1.807, 2.05) is 54.6 Å². The molecule has 0 amide bonds. The van der Waals surface area contributed by atoms with Gasteiger partial charge in [0.25, 0.3) is 0 Å². The molecule has 0 aliphatic heterocycles. The molecule has 0 aliphatic carbocycles. The van der Waals surface area contributed by atoms with Crippen LogP contribution in [0.3, 0.4) is 0 Å². The number of halogens is 1. The predicted octanol–water partition coefficient (Wildman–Crippen LogP) is 5.28. The predicted molar refractivity (Wildman–Crippen MR) is 94.6 cm³/mol. The lowest BCUT2D eigenvalue weighted by molar-refractivity contribution is 0.0697. The Kier molecular flexibility index (Phi) is 4.82. The van der Waals surface area contributed by atoms with Crippen molar-refractivity contribution in [1.82, 2.24) is 0 Å². The van der Waals surface area contributed by atoms with E-state index in [2.05, 4.69) is 0 Å². The van der Waals surface area contributed by atoms with E-state index < -0.39 is 5.97 Å². The molecule has 0 aromatic heterocycles. The Labute approximate surface area is 145 Å². The van der Waals surface area contributed by atoms with E-state index in [1.54, 1.807) is 12.1 Å². The minimum absolute atomic E-state index is 0.190. The number of aromatic carboxylic acids is 1.